The highest BCUT2D eigenvalue weighted by Gasteiger charge is 2.18. The molecule has 5 nitrogen and oxygen atoms in total. The van der Waals surface area contributed by atoms with Gasteiger partial charge in [-0.3, -0.25) is 9.20 Å². The highest BCUT2D eigenvalue weighted by Crippen LogP contribution is 2.24. The number of pyridine rings is 1. The first-order chi connectivity index (χ1) is 9.29. The zero-order valence-corrected chi connectivity index (χ0v) is 10.9. The molecular weight excluding hydrogens is 242 g/mol. The van der Waals surface area contributed by atoms with Crippen LogP contribution in [0.3, 0.4) is 0 Å². The standard InChI is InChI=1S/C14H17N3O2/c1-19-12-3-2-8-17-13(18)9-11(16-14(12)17)10-4-6-15-7-5-10/h2-3,8-10,15H,4-7H2,1H3. The molecule has 0 saturated carbocycles. The summed E-state index contributed by atoms with van der Waals surface area (Å²) in [4.78, 5) is 16.8. The third kappa shape index (κ3) is 2.21. The molecule has 3 rings (SSSR count). The van der Waals surface area contributed by atoms with Gasteiger partial charge >= 0.3 is 0 Å². The molecule has 0 bridgehead atoms. The predicted octanol–water partition coefficient (Wildman–Crippen LogP) is 1.17. The Bertz CT molecular complexity index is 645. The Labute approximate surface area is 111 Å². The Morgan fingerprint density at radius 2 is 2.21 bits per heavy atom. The minimum Gasteiger partial charge on any atom is -0.493 e. The molecule has 1 fully saturated rings. The zero-order chi connectivity index (χ0) is 13.2. The van der Waals surface area contributed by atoms with Crippen LogP contribution in [0.2, 0.25) is 0 Å². The van der Waals surface area contributed by atoms with E-state index in [1.807, 2.05) is 6.07 Å². The molecule has 1 N–H and O–H groups in total. The van der Waals surface area contributed by atoms with Crippen LogP contribution in [0.5, 0.6) is 5.75 Å². The number of piperidine rings is 1. The fourth-order valence-electron chi connectivity index (χ4n) is 2.60. The maximum atomic E-state index is 12.2. The van der Waals surface area contributed by atoms with Crippen molar-refractivity contribution in [2.24, 2.45) is 0 Å². The SMILES string of the molecule is COc1cccn2c(=O)cc(C3CCNCC3)nc12. The lowest BCUT2D eigenvalue weighted by molar-refractivity contribution is 0.415. The van der Waals surface area contributed by atoms with Crippen molar-refractivity contribution in [2.75, 3.05) is 20.2 Å². The molecule has 1 aliphatic heterocycles. The van der Waals surface area contributed by atoms with Gasteiger partial charge in [0.15, 0.2) is 11.4 Å². The number of methoxy groups -OCH3 is 1. The second-order valence-electron chi connectivity index (χ2n) is 4.81. The summed E-state index contributed by atoms with van der Waals surface area (Å²) in [7, 11) is 1.60. The lowest BCUT2D eigenvalue weighted by Crippen LogP contribution is -2.28. The van der Waals surface area contributed by atoms with Gasteiger partial charge in [0, 0.05) is 18.2 Å². The lowest BCUT2D eigenvalue weighted by atomic mass is 9.94. The van der Waals surface area contributed by atoms with Crippen molar-refractivity contribution >= 4 is 5.65 Å². The molecule has 5 heteroatoms. The first-order valence-corrected chi connectivity index (χ1v) is 6.56. The average Bonchev–Trinajstić information content (AvgIpc) is 2.47. The van der Waals surface area contributed by atoms with Crippen LogP contribution >= 0.6 is 0 Å². The first-order valence-electron chi connectivity index (χ1n) is 6.56. The van der Waals surface area contributed by atoms with Gasteiger partial charge in [0.1, 0.15) is 0 Å². The minimum atomic E-state index is -0.0440. The summed E-state index contributed by atoms with van der Waals surface area (Å²) in [6, 6.07) is 5.27. The van der Waals surface area contributed by atoms with Crippen LogP contribution in [0.4, 0.5) is 0 Å². The number of ether oxygens (including phenoxy) is 1. The van der Waals surface area contributed by atoms with E-state index < -0.39 is 0 Å². The van der Waals surface area contributed by atoms with Gasteiger partial charge in [0.05, 0.1) is 12.8 Å². The molecular formula is C14H17N3O2. The molecule has 2 aromatic heterocycles. The van der Waals surface area contributed by atoms with E-state index in [4.69, 9.17) is 4.74 Å². The van der Waals surface area contributed by atoms with Crippen molar-refractivity contribution in [3.63, 3.8) is 0 Å². The van der Waals surface area contributed by atoms with Crippen molar-refractivity contribution < 1.29 is 4.74 Å². The normalized spacial score (nSPS) is 16.7. The van der Waals surface area contributed by atoms with Crippen molar-refractivity contribution in [2.45, 2.75) is 18.8 Å². The van der Waals surface area contributed by atoms with Gasteiger partial charge in [-0.05, 0) is 38.1 Å². The largest absolute Gasteiger partial charge is 0.493 e. The molecule has 0 spiro atoms. The maximum Gasteiger partial charge on any atom is 0.258 e. The summed E-state index contributed by atoms with van der Waals surface area (Å²) in [5, 5.41) is 3.32. The molecule has 0 radical (unpaired) electrons. The van der Waals surface area contributed by atoms with Gasteiger partial charge < -0.3 is 10.1 Å². The molecule has 3 heterocycles. The number of nitrogens with one attached hydrogen (secondary N) is 1. The monoisotopic (exact) mass is 259 g/mol. The number of rotatable bonds is 2. The van der Waals surface area contributed by atoms with Crippen LogP contribution in [0.15, 0.2) is 29.2 Å². The van der Waals surface area contributed by atoms with E-state index in [9.17, 15) is 4.79 Å². The molecule has 0 amide bonds. The Morgan fingerprint density at radius 1 is 1.42 bits per heavy atom. The van der Waals surface area contributed by atoms with Crippen molar-refractivity contribution in [1.29, 1.82) is 0 Å². The van der Waals surface area contributed by atoms with Crippen molar-refractivity contribution in [1.82, 2.24) is 14.7 Å². The third-order valence-corrected chi connectivity index (χ3v) is 3.65. The van der Waals surface area contributed by atoms with Crippen LogP contribution in [0, 0.1) is 0 Å². The predicted molar refractivity (Wildman–Crippen MR) is 72.9 cm³/mol. The van der Waals surface area contributed by atoms with Crippen LogP contribution in [-0.2, 0) is 0 Å². The molecule has 0 aliphatic carbocycles. The third-order valence-electron chi connectivity index (χ3n) is 3.65. The van der Waals surface area contributed by atoms with Gasteiger partial charge in [-0.2, -0.15) is 0 Å². The first kappa shape index (κ1) is 12.2. The maximum absolute atomic E-state index is 12.2. The number of hydrogen-bond donors (Lipinski definition) is 1. The summed E-state index contributed by atoms with van der Waals surface area (Å²) >= 11 is 0. The van der Waals surface area contributed by atoms with E-state index in [1.165, 1.54) is 4.40 Å². The smallest absolute Gasteiger partial charge is 0.258 e. The van der Waals surface area contributed by atoms with Gasteiger partial charge in [0.2, 0.25) is 0 Å². The second kappa shape index (κ2) is 5.01. The van der Waals surface area contributed by atoms with E-state index in [-0.39, 0.29) is 5.56 Å². The van der Waals surface area contributed by atoms with Gasteiger partial charge in [-0.1, -0.05) is 0 Å². The second-order valence-corrected chi connectivity index (χ2v) is 4.81. The van der Waals surface area contributed by atoms with Gasteiger partial charge in [-0.15, -0.1) is 0 Å². The lowest BCUT2D eigenvalue weighted by Gasteiger charge is -2.22. The fourth-order valence-corrected chi connectivity index (χ4v) is 2.60. The Kier molecular flexibility index (Phi) is 3.21. The zero-order valence-electron chi connectivity index (χ0n) is 10.9. The van der Waals surface area contributed by atoms with E-state index in [0.29, 0.717) is 17.3 Å². The highest BCUT2D eigenvalue weighted by molar-refractivity contribution is 5.53. The van der Waals surface area contributed by atoms with E-state index in [2.05, 4.69) is 10.3 Å². The van der Waals surface area contributed by atoms with Crippen LogP contribution in [-0.4, -0.2) is 29.6 Å². The van der Waals surface area contributed by atoms with Crippen molar-refractivity contribution in [3.05, 3.63) is 40.4 Å². The summed E-state index contributed by atoms with van der Waals surface area (Å²) in [6.07, 6.45) is 3.77. The molecule has 1 saturated heterocycles. The summed E-state index contributed by atoms with van der Waals surface area (Å²) < 4.78 is 6.82. The van der Waals surface area contributed by atoms with Gasteiger partial charge in [0.25, 0.3) is 5.56 Å². The highest BCUT2D eigenvalue weighted by atomic mass is 16.5. The Hall–Kier alpha value is -1.88. The molecule has 19 heavy (non-hydrogen) atoms. The number of hydrogen-bond acceptors (Lipinski definition) is 4. The Balaban J connectivity index is 2.14. The number of aromatic nitrogens is 2. The molecule has 2 aromatic rings. The quantitative estimate of drug-likeness (QED) is 0.879. The number of nitrogens with zero attached hydrogens (tertiary/aromatic N) is 2. The van der Waals surface area contributed by atoms with Crippen LogP contribution < -0.4 is 15.6 Å². The van der Waals surface area contributed by atoms with Crippen LogP contribution in [0.1, 0.15) is 24.5 Å². The number of fused-ring (bicyclic) bond motifs is 1. The molecule has 1 aliphatic rings. The summed E-state index contributed by atoms with van der Waals surface area (Å²) in [5.41, 5.74) is 1.44. The molecule has 100 valence electrons. The van der Waals surface area contributed by atoms with E-state index in [1.54, 1.807) is 25.4 Å². The molecule has 0 aromatic carbocycles. The summed E-state index contributed by atoms with van der Waals surface area (Å²) in [6.45, 7) is 1.97. The van der Waals surface area contributed by atoms with Gasteiger partial charge in [-0.25, -0.2) is 4.98 Å². The van der Waals surface area contributed by atoms with E-state index in [0.717, 1.165) is 31.6 Å². The molecule has 0 atom stereocenters. The van der Waals surface area contributed by atoms with E-state index >= 15 is 0 Å². The molecule has 0 unspecified atom stereocenters. The fraction of sp³-hybridized carbons (Fsp3) is 0.429. The summed E-state index contributed by atoms with van der Waals surface area (Å²) in [5.74, 6) is 0.999. The topological polar surface area (TPSA) is 55.6 Å². The average molecular weight is 259 g/mol. The van der Waals surface area contributed by atoms with Crippen molar-refractivity contribution in [3.8, 4) is 5.75 Å². The minimum absolute atomic E-state index is 0.0440. The Morgan fingerprint density at radius 3 is 2.95 bits per heavy atom. The van der Waals surface area contributed by atoms with Crippen LogP contribution in [0.25, 0.3) is 5.65 Å².